The van der Waals surface area contributed by atoms with E-state index in [1.165, 1.54) is 0 Å². The Balaban J connectivity index is 2.76. The number of carbonyl (C=O) groups excluding carboxylic acids is 6. The molecule has 6 atom stereocenters. The quantitative estimate of drug-likeness (QED) is 0.0238. The number of rotatable bonds is 28. The van der Waals surface area contributed by atoms with Crippen LogP contribution in [-0.4, -0.2) is 145 Å². The Morgan fingerprint density at radius 2 is 1.11 bits per heavy atom. The second-order valence-corrected chi connectivity index (χ2v) is 16.2. The van der Waals surface area contributed by atoms with Gasteiger partial charge in [-0.15, -0.1) is 0 Å². The van der Waals surface area contributed by atoms with Crippen molar-refractivity contribution in [3.05, 3.63) is 71.8 Å². The normalized spacial score (nSPS) is 14.3. The second kappa shape index (κ2) is 25.8. The van der Waals surface area contributed by atoms with E-state index in [0.717, 1.165) is 0 Å². The number of carbonyl (C=O) groups is 10. The van der Waals surface area contributed by atoms with Gasteiger partial charge in [-0.05, 0) is 36.8 Å². The molecule has 22 nitrogen and oxygen atoms in total. The van der Waals surface area contributed by atoms with Gasteiger partial charge in [-0.25, -0.2) is 0 Å². The highest BCUT2D eigenvalue weighted by Crippen LogP contribution is 2.34. The van der Waals surface area contributed by atoms with Crippen molar-refractivity contribution in [1.29, 1.82) is 0 Å². The molecule has 0 spiro atoms. The number of Topliss-reactive ketones (excluding diaryl/α,β-unsaturated/α-hetero) is 1. The van der Waals surface area contributed by atoms with Gasteiger partial charge in [-0.3, -0.25) is 52.8 Å². The highest BCUT2D eigenvalue weighted by molar-refractivity contribution is 8.76. The molecule has 0 aliphatic carbocycles. The number of aliphatic carboxylic acids is 4. The van der Waals surface area contributed by atoms with Crippen molar-refractivity contribution in [2.75, 3.05) is 24.6 Å². The summed E-state index contributed by atoms with van der Waals surface area (Å²) in [5.41, 5.74) is 21.9. The monoisotopic (exact) mass is 906 g/mol. The Hall–Kier alpha value is -5.92. The second-order valence-electron chi connectivity index (χ2n) is 13.7. The largest absolute Gasteiger partial charge is 0.480 e. The molecular formula is C38H50N8O14S2. The molecule has 0 aromatic heterocycles. The third-order valence-corrected chi connectivity index (χ3v) is 11.4. The number of amides is 5. The summed E-state index contributed by atoms with van der Waals surface area (Å²) < 4.78 is 0. The zero-order valence-corrected chi connectivity index (χ0v) is 34.8. The van der Waals surface area contributed by atoms with Gasteiger partial charge in [0.05, 0.1) is 12.1 Å². The van der Waals surface area contributed by atoms with E-state index in [4.69, 9.17) is 33.1 Å². The summed E-state index contributed by atoms with van der Waals surface area (Å²) in [4.78, 5) is 130. The van der Waals surface area contributed by atoms with Crippen LogP contribution in [0.4, 0.5) is 0 Å². The zero-order chi connectivity index (χ0) is 46.6. The molecule has 0 aliphatic rings. The van der Waals surface area contributed by atoms with Gasteiger partial charge in [0.2, 0.25) is 23.6 Å². The van der Waals surface area contributed by atoms with Crippen molar-refractivity contribution in [2.24, 2.45) is 22.9 Å². The first-order valence-electron chi connectivity index (χ1n) is 18.7. The Morgan fingerprint density at radius 3 is 1.61 bits per heavy atom. The topological polar surface area (TPSA) is 395 Å². The van der Waals surface area contributed by atoms with Gasteiger partial charge < -0.3 is 59.3 Å². The van der Waals surface area contributed by atoms with Crippen LogP contribution in [0, 0.1) is 0 Å². The molecule has 0 heterocycles. The molecule has 0 radical (unpaired) electrons. The molecule has 0 unspecified atom stereocenters. The first-order valence-corrected chi connectivity index (χ1v) is 21.2. The van der Waals surface area contributed by atoms with E-state index in [-0.39, 0.29) is 24.2 Å². The fraction of sp³-hybridized carbons (Fsp3) is 0.421. The van der Waals surface area contributed by atoms with Crippen LogP contribution in [-0.2, 0) is 60.8 Å². The van der Waals surface area contributed by atoms with Crippen LogP contribution < -0.4 is 38.9 Å². The highest BCUT2D eigenvalue weighted by Gasteiger charge is 2.57. The van der Waals surface area contributed by atoms with Crippen LogP contribution >= 0.6 is 21.6 Å². The average Bonchev–Trinajstić information content (AvgIpc) is 3.23. The summed E-state index contributed by atoms with van der Waals surface area (Å²) in [5.74, 6) is -14.6. The van der Waals surface area contributed by atoms with Gasteiger partial charge in [-0.1, -0.05) is 82.3 Å². The predicted octanol–water partition coefficient (Wildman–Crippen LogP) is -2.56. The van der Waals surface area contributed by atoms with Crippen molar-refractivity contribution in [2.45, 2.75) is 74.3 Å². The van der Waals surface area contributed by atoms with Crippen molar-refractivity contribution < 1.29 is 68.4 Å². The standard InChI is InChI=1S/C38H50N8O14S2/c39-23(35(56)57)11-13-28(47)45-27(33(54)43-17-30(49)50)19-61-62-20-38(37(60)44-18-31(51)52,32(53)25(41)15-21-7-3-1-4-8-21)46(29(48)14-12-24(40)36(58)59)34(55)26(42)16-22-9-5-2-6-10-22/h1-10,23-27H,11-20,39-42H2,(H,43,54)(H,44,60)(H,45,47)(H,49,50)(H,51,52)(H,56,57)(H,58,59)/t23-,24-,25-,26-,27-,38+/m0/s1. The van der Waals surface area contributed by atoms with Crippen molar-refractivity contribution in [1.82, 2.24) is 20.9 Å². The van der Waals surface area contributed by atoms with Crippen LogP contribution in [0.15, 0.2) is 60.7 Å². The van der Waals surface area contributed by atoms with E-state index in [1.807, 2.05) is 0 Å². The Labute approximate surface area is 362 Å². The van der Waals surface area contributed by atoms with E-state index in [1.54, 1.807) is 60.7 Å². The Kier molecular flexibility index (Phi) is 21.7. The summed E-state index contributed by atoms with van der Waals surface area (Å²) in [7, 11) is 1.26. The summed E-state index contributed by atoms with van der Waals surface area (Å²) in [6, 6.07) is 8.33. The molecule has 2 aromatic rings. The Bertz CT molecular complexity index is 1930. The first kappa shape index (κ1) is 52.2. The molecule has 0 fully saturated rings. The molecule has 338 valence electrons. The summed E-state index contributed by atoms with van der Waals surface area (Å²) in [6.45, 7) is -2.00. The zero-order valence-electron chi connectivity index (χ0n) is 33.2. The number of nitrogens with zero attached hydrogens (tertiary/aromatic N) is 1. The molecule has 2 rings (SSSR count). The van der Waals surface area contributed by atoms with E-state index >= 15 is 0 Å². The van der Waals surface area contributed by atoms with E-state index in [0.29, 0.717) is 32.7 Å². The van der Waals surface area contributed by atoms with Crippen LogP contribution in [0.1, 0.15) is 36.8 Å². The maximum atomic E-state index is 14.9. The highest BCUT2D eigenvalue weighted by atomic mass is 33.1. The average molecular weight is 907 g/mol. The third-order valence-electron chi connectivity index (χ3n) is 8.92. The predicted molar refractivity (Wildman–Crippen MR) is 224 cm³/mol. The summed E-state index contributed by atoms with van der Waals surface area (Å²) >= 11 is 0. The molecule has 2 aromatic carbocycles. The Morgan fingerprint density at radius 1 is 0.629 bits per heavy atom. The SMILES string of the molecule is N[C@@H](CCC(=O)N[C@@H](CSSC[C@](C(=O)NCC(=O)O)(C(=O)[C@@H](N)Cc1ccccc1)N(C(=O)CC[C@H](N)C(=O)O)C(=O)[C@@H](N)Cc1ccccc1)C(=O)NCC(=O)O)C(=O)O. The number of imide groups is 1. The number of benzene rings is 2. The fourth-order valence-electron chi connectivity index (χ4n) is 5.64. The lowest BCUT2D eigenvalue weighted by molar-refractivity contribution is -0.164. The summed E-state index contributed by atoms with van der Waals surface area (Å²) in [6.07, 6.45) is -2.77. The number of carboxylic acids is 4. The van der Waals surface area contributed by atoms with Gasteiger partial charge in [0.25, 0.3) is 5.91 Å². The number of nitrogens with one attached hydrogen (secondary N) is 3. The van der Waals surface area contributed by atoms with Gasteiger partial charge in [-0.2, -0.15) is 0 Å². The molecule has 24 heteroatoms. The number of nitrogens with two attached hydrogens (primary N) is 4. The number of ketones is 1. The molecular weight excluding hydrogens is 857 g/mol. The minimum Gasteiger partial charge on any atom is -0.480 e. The number of carboxylic acid groups (broad SMARTS) is 4. The van der Waals surface area contributed by atoms with Crippen molar-refractivity contribution in [3.8, 4) is 0 Å². The molecule has 15 N–H and O–H groups in total. The minimum atomic E-state index is -3.03. The van der Waals surface area contributed by atoms with E-state index in [2.05, 4.69) is 16.0 Å². The lowest BCUT2D eigenvalue weighted by atomic mass is 9.84. The van der Waals surface area contributed by atoms with Crippen LogP contribution in [0.3, 0.4) is 0 Å². The maximum Gasteiger partial charge on any atom is 0.322 e. The number of hydrogen-bond donors (Lipinski definition) is 11. The molecule has 0 saturated carbocycles. The van der Waals surface area contributed by atoms with Gasteiger partial charge >= 0.3 is 23.9 Å². The van der Waals surface area contributed by atoms with E-state index < -0.39 is 139 Å². The molecule has 5 amide bonds. The van der Waals surface area contributed by atoms with E-state index in [9.17, 15) is 58.2 Å². The third kappa shape index (κ3) is 16.5. The van der Waals surface area contributed by atoms with Gasteiger partial charge in [0, 0.05) is 24.3 Å². The van der Waals surface area contributed by atoms with Crippen LogP contribution in [0.25, 0.3) is 0 Å². The lowest BCUT2D eigenvalue weighted by Crippen LogP contribution is -2.73. The molecule has 0 saturated heterocycles. The number of hydrogen-bond acceptors (Lipinski definition) is 16. The van der Waals surface area contributed by atoms with Crippen molar-refractivity contribution in [3.63, 3.8) is 0 Å². The minimum absolute atomic E-state index is 0.249. The molecule has 0 bridgehead atoms. The summed E-state index contributed by atoms with van der Waals surface area (Å²) in [5, 5.41) is 43.6. The van der Waals surface area contributed by atoms with Crippen LogP contribution in [0.2, 0.25) is 0 Å². The lowest BCUT2D eigenvalue weighted by Gasteiger charge is -2.42. The molecule has 0 aliphatic heterocycles. The molecule has 62 heavy (non-hydrogen) atoms. The fourth-order valence-corrected chi connectivity index (χ4v) is 8.22. The maximum absolute atomic E-state index is 14.9. The smallest absolute Gasteiger partial charge is 0.322 e. The van der Waals surface area contributed by atoms with Crippen LogP contribution in [0.5, 0.6) is 0 Å². The first-order chi connectivity index (χ1) is 29.2. The van der Waals surface area contributed by atoms with Crippen molar-refractivity contribution >= 4 is 80.8 Å². The van der Waals surface area contributed by atoms with Gasteiger partial charge in [0.15, 0.2) is 11.3 Å². The van der Waals surface area contributed by atoms with Gasteiger partial charge in [0.1, 0.15) is 31.2 Å².